The van der Waals surface area contributed by atoms with Crippen molar-refractivity contribution in [1.82, 2.24) is 0 Å². The first-order chi connectivity index (χ1) is 10.3. The Bertz CT molecular complexity index is 634. The third-order valence-corrected chi connectivity index (χ3v) is 3.30. The highest BCUT2D eigenvalue weighted by atomic mass is 19.1. The van der Waals surface area contributed by atoms with Crippen molar-refractivity contribution < 1.29 is 18.6 Å². The molecule has 110 valence electrons. The van der Waals surface area contributed by atoms with Crippen LogP contribution in [-0.4, -0.2) is 6.79 Å². The van der Waals surface area contributed by atoms with Gasteiger partial charge in [-0.3, -0.25) is 0 Å². The van der Waals surface area contributed by atoms with Gasteiger partial charge in [-0.25, -0.2) is 4.39 Å². The summed E-state index contributed by atoms with van der Waals surface area (Å²) in [6.45, 7) is 1.30. The van der Waals surface area contributed by atoms with Gasteiger partial charge in [0, 0.05) is 12.1 Å². The SMILES string of the molecule is NCc1cc(COCc2ccc3c(c2)OCO3)ccc1F. The number of hydrogen-bond donors (Lipinski definition) is 1. The van der Waals surface area contributed by atoms with E-state index in [1.54, 1.807) is 12.1 Å². The summed E-state index contributed by atoms with van der Waals surface area (Å²) < 4.78 is 29.6. The fourth-order valence-electron chi connectivity index (χ4n) is 2.19. The molecule has 0 radical (unpaired) electrons. The Morgan fingerprint density at radius 2 is 1.71 bits per heavy atom. The highest BCUT2D eigenvalue weighted by Crippen LogP contribution is 2.32. The smallest absolute Gasteiger partial charge is 0.231 e. The molecule has 0 saturated carbocycles. The van der Waals surface area contributed by atoms with Gasteiger partial charge in [0.2, 0.25) is 6.79 Å². The van der Waals surface area contributed by atoms with Gasteiger partial charge in [0.25, 0.3) is 0 Å². The Morgan fingerprint density at radius 1 is 1.00 bits per heavy atom. The Hall–Kier alpha value is -2.11. The highest BCUT2D eigenvalue weighted by molar-refractivity contribution is 5.44. The minimum atomic E-state index is -0.281. The maximum Gasteiger partial charge on any atom is 0.231 e. The molecule has 0 aliphatic carbocycles. The zero-order chi connectivity index (χ0) is 14.7. The van der Waals surface area contributed by atoms with Crippen LogP contribution in [-0.2, 0) is 24.5 Å². The molecule has 0 aromatic heterocycles. The van der Waals surface area contributed by atoms with Gasteiger partial charge in [-0.1, -0.05) is 12.1 Å². The van der Waals surface area contributed by atoms with Gasteiger partial charge in [0.1, 0.15) is 5.82 Å². The van der Waals surface area contributed by atoms with E-state index in [0.717, 1.165) is 22.6 Å². The summed E-state index contributed by atoms with van der Waals surface area (Å²) in [6.07, 6.45) is 0. The monoisotopic (exact) mass is 289 g/mol. The molecule has 5 heteroatoms. The lowest BCUT2D eigenvalue weighted by molar-refractivity contribution is 0.107. The summed E-state index contributed by atoms with van der Waals surface area (Å²) in [7, 11) is 0. The summed E-state index contributed by atoms with van der Waals surface area (Å²) in [4.78, 5) is 0. The molecule has 4 nitrogen and oxygen atoms in total. The molecule has 0 unspecified atom stereocenters. The molecule has 0 bridgehead atoms. The Kier molecular flexibility index (Phi) is 4.03. The largest absolute Gasteiger partial charge is 0.454 e. The Labute approximate surface area is 122 Å². The second-order valence-electron chi connectivity index (χ2n) is 4.81. The molecule has 3 rings (SSSR count). The molecular formula is C16H16FNO3. The van der Waals surface area contributed by atoms with E-state index in [1.165, 1.54) is 6.07 Å². The molecule has 1 aliphatic rings. The van der Waals surface area contributed by atoms with E-state index in [-0.39, 0.29) is 19.2 Å². The van der Waals surface area contributed by atoms with Crippen molar-refractivity contribution in [2.24, 2.45) is 5.73 Å². The maximum atomic E-state index is 13.3. The zero-order valence-corrected chi connectivity index (χ0v) is 11.5. The van der Waals surface area contributed by atoms with Crippen molar-refractivity contribution in [3.05, 3.63) is 58.9 Å². The predicted octanol–water partition coefficient (Wildman–Crippen LogP) is 2.73. The third-order valence-electron chi connectivity index (χ3n) is 3.30. The molecule has 0 amide bonds. The van der Waals surface area contributed by atoms with E-state index in [4.69, 9.17) is 19.9 Å². The average molecular weight is 289 g/mol. The van der Waals surface area contributed by atoms with Crippen LogP contribution in [0, 0.1) is 5.82 Å². The summed E-state index contributed by atoms with van der Waals surface area (Å²) in [5, 5.41) is 0. The van der Waals surface area contributed by atoms with Crippen molar-refractivity contribution in [2.45, 2.75) is 19.8 Å². The number of halogens is 1. The van der Waals surface area contributed by atoms with Gasteiger partial charge < -0.3 is 19.9 Å². The van der Waals surface area contributed by atoms with Crippen molar-refractivity contribution in [3.8, 4) is 11.5 Å². The van der Waals surface area contributed by atoms with E-state index in [9.17, 15) is 4.39 Å². The van der Waals surface area contributed by atoms with Gasteiger partial charge in [-0.05, 0) is 35.4 Å². The minimum absolute atomic E-state index is 0.182. The number of rotatable bonds is 5. The third kappa shape index (κ3) is 3.15. The quantitative estimate of drug-likeness (QED) is 0.919. The first-order valence-electron chi connectivity index (χ1n) is 6.70. The topological polar surface area (TPSA) is 53.7 Å². The lowest BCUT2D eigenvalue weighted by atomic mass is 10.1. The molecule has 1 heterocycles. The molecule has 1 aliphatic heterocycles. The molecule has 0 saturated heterocycles. The summed E-state index contributed by atoms with van der Waals surface area (Å²) in [5.74, 6) is 1.21. The van der Waals surface area contributed by atoms with E-state index < -0.39 is 0 Å². The summed E-state index contributed by atoms with van der Waals surface area (Å²) in [5.41, 5.74) is 7.88. The molecule has 2 N–H and O–H groups in total. The van der Waals surface area contributed by atoms with Gasteiger partial charge in [-0.15, -0.1) is 0 Å². The first kappa shape index (κ1) is 13.9. The van der Waals surface area contributed by atoms with Crippen molar-refractivity contribution >= 4 is 0 Å². The van der Waals surface area contributed by atoms with Crippen LogP contribution in [0.4, 0.5) is 4.39 Å². The minimum Gasteiger partial charge on any atom is -0.454 e. The number of ether oxygens (including phenoxy) is 3. The molecule has 2 aromatic rings. The van der Waals surface area contributed by atoms with Gasteiger partial charge in [0.15, 0.2) is 11.5 Å². The number of fused-ring (bicyclic) bond motifs is 1. The maximum absolute atomic E-state index is 13.3. The average Bonchev–Trinajstić information content (AvgIpc) is 2.96. The fraction of sp³-hybridized carbons (Fsp3) is 0.250. The van der Waals surface area contributed by atoms with Crippen LogP contribution in [0.5, 0.6) is 11.5 Å². The summed E-state index contributed by atoms with van der Waals surface area (Å²) in [6, 6.07) is 10.6. The van der Waals surface area contributed by atoms with Crippen LogP contribution in [0.3, 0.4) is 0 Å². The Balaban J connectivity index is 1.58. The first-order valence-corrected chi connectivity index (χ1v) is 6.70. The number of nitrogens with two attached hydrogens (primary N) is 1. The van der Waals surface area contributed by atoms with Gasteiger partial charge in [0.05, 0.1) is 13.2 Å². The second kappa shape index (κ2) is 6.11. The number of hydrogen-bond acceptors (Lipinski definition) is 4. The fourth-order valence-corrected chi connectivity index (χ4v) is 2.19. The Morgan fingerprint density at radius 3 is 2.52 bits per heavy atom. The van der Waals surface area contributed by atoms with Crippen LogP contribution in [0.1, 0.15) is 16.7 Å². The lowest BCUT2D eigenvalue weighted by Gasteiger charge is -2.07. The molecule has 0 spiro atoms. The number of benzene rings is 2. The normalized spacial score (nSPS) is 12.7. The van der Waals surface area contributed by atoms with Crippen LogP contribution >= 0.6 is 0 Å². The van der Waals surface area contributed by atoms with Gasteiger partial charge >= 0.3 is 0 Å². The molecule has 0 atom stereocenters. The van der Waals surface area contributed by atoms with E-state index in [2.05, 4.69) is 0 Å². The zero-order valence-electron chi connectivity index (χ0n) is 11.5. The van der Waals surface area contributed by atoms with E-state index >= 15 is 0 Å². The molecular weight excluding hydrogens is 273 g/mol. The van der Waals surface area contributed by atoms with E-state index in [1.807, 2.05) is 18.2 Å². The van der Waals surface area contributed by atoms with Crippen LogP contribution in [0.15, 0.2) is 36.4 Å². The second-order valence-corrected chi connectivity index (χ2v) is 4.81. The predicted molar refractivity (Wildman–Crippen MR) is 75.3 cm³/mol. The van der Waals surface area contributed by atoms with Crippen LogP contribution < -0.4 is 15.2 Å². The van der Waals surface area contributed by atoms with Gasteiger partial charge in [-0.2, -0.15) is 0 Å². The van der Waals surface area contributed by atoms with Crippen LogP contribution in [0.2, 0.25) is 0 Å². The van der Waals surface area contributed by atoms with Crippen molar-refractivity contribution in [1.29, 1.82) is 0 Å². The van der Waals surface area contributed by atoms with E-state index in [0.29, 0.717) is 18.8 Å². The molecule has 21 heavy (non-hydrogen) atoms. The lowest BCUT2D eigenvalue weighted by Crippen LogP contribution is -2.02. The standard InChI is InChI=1S/C16H16FNO3/c17-14-3-1-11(5-13(14)7-18)8-19-9-12-2-4-15-16(6-12)21-10-20-15/h1-6H,7-10,18H2. The van der Waals surface area contributed by atoms with Crippen molar-refractivity contribution in [2.75, 3.05) is 6.79 Å². The molecule has 0 fully saturated rings. The molecule has 2 aromatic carbocycles. The van der Waals surface area contributed by atoms with Crippen molar-refractivity contribution in [3.63, 3.8) is 0 Å². The highest BCUT2D eigenvalue weighted by Gasteiger charge is 2.13. The summed E-state index contributed by atoms with van der Waals surface area (Å²) >= 11 is 0. The van der Waals surface area contributed by atoms with Crippen LogP contribution in [0.25, 0.3) is 0 Å².